The van der Waals surface area contributed by atoms with Gasteiger partial charge in [0.2, 0.25) is 0 Å². The van der Waals surface area contributed by atoms with E-state index in [0.29, 0.717) is 0 Å². The van der Waals surface area contributed by atoms with Gasteiger partial charge in [0.15, 0.2) is 0 Å². The normalized spacial score (nSPS) is 12.9. The molecule has 1 aromatic heterocycles. The zero-order chi connectivity index (χ0) is 23.9. The lowest BCUT2D eigenvalue weighted by molar-refractivity contribution is 0.490. The summed E-state index contributed by atoms with van der Waals surface area (Å²) in [5, 5.41) is 1.07. The van der Waals surface area contributed by atoms with Gasteiger partial charge in [-0.25, -0.2) is 4.98 Å². The van der Waals surface area contributed by atoms with Crippen LogP contribution in [0.1, 0.15) is 65.1 Å². The predicted molar refractivity (Wildman–Crippen MR) is 144 cm³/mol. The third-order valence-electron chi connectivity index (χ3n) is 7.25. The van der Waals surface area contributed by atoms with E-state index in [4.69, 9.17) is 6.42 Å². The number of fused-ring (bicyclic) bond motifs is 3. The smallest absolute Gasteiger partial charge is 0.123 e. The van der Waals surface area contributed by atoms with E-state index >= 15 is 0 Å². The number of terminal acetylenes is 1. The van der Waals surface area contributed by atoms with Crippen molar-refractivity contribution in [2.24, 2.45) is 0 Å². The second-order valence-corrected chi connectivity index (χ2v) is 10.1. The largest absolute Gasteiger partial charge is 0.241 e. The highest BCUT2D eigenvalue weighted by molar-refractivity contribution is 7.15. The first-order chi connectivity index (χ1) is 16.5. The van der Waals surface area contributed by atoms with Gasteiger partial charge in [0.05, 0.1) is 5.69 Å². The molecular formula is C32H27NS. The van der Waals surface area contributed by atoms with Crippen molar-refractivity contribution in [3.05, 3.63) is 99.1 Å². The Morgan fingerprint density at radius 1 is 0.794 bits per heavy atom. The highest BCUT2D eigenvalue weighted by Gasteiger charge is 2.40. The summed E-state index contributed by atoms with van der Waals surface area (Å²) in [4.78, 5) is 5.93. The van der Waals surface area contributed by atoms with Gasteiger partial charge in [-0.3, -0.25) is 0 Å². The molecule has 0 unspecified atom stereocenters. The Morgan fingerprint density at radius 2 is 1.35 bits per heavy atom. The minimum absolute atomic E-state index is 0.0131. The molecule has 1 aliphatic carbocycles. The molecular weight excluding hydrogens is 430 g/mol. The molecule has 0 saturated carbocycles. The Morgan fingerprint density at radius 3 is 1.91 bits per heavy atom. The number of hydrogen-bond acceptors (Lipinski definition) is 2. The van der Waals surface area contributed by atoms with Gasteiger partial charge in [-0.05, 0) is 85.3 Å². The molecule has 166 valence electrons. The van der Waals surface area contributed by atoms with Crippen molar-refractivity contribution >= 4 is 11.3 Å². The van der Waals surface area contributed by atoms with E-state index in [1.807, 2.05) is 0 Å². The summed E-state index contributed by atoms with van der Waals surface area (Å²) in [7, 11) is 0. The molecule has 1 nitrogen and oxygen atoms in total. The van der Waals surface area contributed by atoms with Gasteiger partial charge in [0, 0.05) is 32.5 Å². The van der Waals surface area contributed by atoms with Gasteiger partial charge in [-0.1, -0.05) is 55.9 Å². The van der Waals surface area contributed by atoms with E-state index < -0.39 is 0 Å². The third kappa shape index (κ3) is 3.56. The Bertz CT molecular complexity index is 1480. The van der Waals surface area contributed by atoms with Crippen molar-refractivity contribution in [1.82, 2.24) is 4.98 Å². The van der Waals surface area contributed by atoms with Crippen LogP contribution < -0.4 is 0 Å². The van der Waals surface area contributed by atoms with E-state index in [9.17, 15) is 0 Å². The van der Waals surface area contributed by atoms with Crippen LogP contribution in [0.15, 0.2) is 60.7 Å². The van der Waals surface area contributed by atoms with E-state index in [1.165, 1.54) is 27.1 Å². The first-order valence-electron chi connectivity index (χ1n) is 11.8. The maximum absolute atomic E-state index is 5.72. The van der Waals surface area contributed by atoms with E-state index in [0.717, 1.165) is 45.8 Å². The topological polar surface area (TPSA) is 12.9 Å². The quantitative estimate of drug-likeness (QED) is 0.285. The lowest BCUT2D eigenvalue weighted by Crippen LogP contribution is -2.23. The molecule has 0 radical (unpaired) electrons. The molecule has 1 heterocycles. The number of nitrogens with zero attached hydrogens (tertiary/aromatic N) is 1. The Hall–Kier alpha value is -3.59. The third-order valence-corrected chi connectivity index (χ3v) is 8.37. The second kappa shape index (κ2) is 8.64. The number of aromatic nitrogens is 1. The van der Waals surface area contributed by atoms with Crippen LogP contribution in [-0.4, -0.2) is 4.98 Å². The number of benzene rings is 3. The van der Waals surface area contributed by atoms with Crippen LogP contribution in [0.3, 0.4) is 0 Å². The Kier molecular flexibility index (Phi) is 5.65. The molecule has 2 heteroatoms. The van der Waals surface area contributed by atoms with E-state index in [1.54, 1.807) is 11.3 Å². The average molecular weight is 458 g/mol. The van der Waals surface area contributed by atoms with Crippen molar-refractivity contribution < 1.29 is 0 Å². The summed E-state index contributed by atoms with van der Waals surface area (Å²) >= 11 is 1.74. The fraction of sp³-hybridized carbons (Fsp3) is 0.219. The van der Waals surface area contributed by atoms with Crippen molar-refractivity contribution in [3.8, 4) is 45.9 Å². The molecule has 1 aliphatic rings. The summed E-state index contributed by atoms with van der Waals surface area (Å²) < 4.78 is 0. The molecule has 0 spiro atoms. The zero-order valence-corrected chi connectivity index (χ0v) is 20.9. The van der Waals surface area contributed by atoms with Crippen LogP contribution in [0, 0.1) is 38.0 Å². The minimum atomic E-state index is -0.0131. The van der Waals surface area contributed by atoms with Crippen LogP contribution in [0.2, 0.25) is 0 Å². The maximum Gasteiger partial charge on any atom is 0.123 e. The Balaban J connectivity index is 1.49. The fourth-order valence-corrected chi connectivity index (χ4v) is 6.03. The fourth-order valence-electron chi connectivity index (χ4n) is 5.11. The highest BCUT2D eigenvalue weighted by atomic mass is 32.1. The molecule has 3 aromatic carbocycles. The lowest BCUT2D eigenvalue weighted by Gasteiger charge is -2.29. The van der Waals surface area contributed by atoms with Crippen LogP contribution in [0.5, 0.6) is 0 Å². The lowest BCUT2D eigenvalue weighted by atomic mass is 9.73. The minimum Gasteiger partial charge on any atom is -0.241 e. The van der Waals surface area contributed by atoms with Crippen LogP contribution >= 0.6 is 11.3 Å². The SMILES string of the molecule is C#Cc1ccc2c(c1)C(CC)(CC)c1cc(C#Cc3ccc(-c4nc(C)c(C)s4)cc3)ccc1-2. The number of aryl methyl sites for hydroxylation is 2. The zero-order valence-electron chi connectivity index (χ0n) is 20.1. The molecule has 0 atom stereocenters. The van der Waals surface area contributed by atoms with Crippen molar-refractivity contribution in [1.29, 1.82) is 0 Å². The van der Waals surface area contributed by atoms with Gasteiger partial charge in [0.25, 0.3) is 0 Å². The monoisotopic (exact) mass is 457 g/mol. The van der Waals surface area contributed by atoms with Gasteiger partial charge < -0.3 is 0 Å². The summed E-state index contributed by atoms with van der Waals surface area (Å²) in [5.41, 5.74) is 10.6. The Labute approximate surface area is 206 Å². The molecule has 0 aliphatic heterocycles. The number of hydrogen-bond donors (Lipinski definition) is 0. The molecule has 34 heavy (non-hydrogen) atoms. The first kappa shape index (κ1) is 22.2. The predicted octanol–water partition coefficient (Wildman–Crippen LogP) is 7.89. The summed E-state index contributed by atoms with van der Waals surface area (Å²) in [6, 6.07) is 21.5. The molecule has 0 bridgehead atoms. The standard InChI is InChI=1S/C32H27NS/c1-6-23-13-17-27-28-18-14-25(20-30(28)32(7-2,8-3)29(27)19-23)10-9-24-11-15-26(16-12-24)31-33-21(4)22(5)34-31/h1,11-20H,7-8H2,2-5H3. The van der Waals surface area contributed by atoms with Crippen molar-refractivity contribution in [2.45, 2.75) is 46.0 Å². The van der Waals surface area contributed by atoms with Gasteiger partial charge >= 0.3 is 0 Å². The van der Waals surface area contributed by atoms with Crippen LogP contribution in [0.25, 0.3) is 21.7 Å². The first-order valence-corrected chi connectivity index (χ1v) is 12.6. The summed E-state index contributed by atoms with van der Waals surface area (Å²) in [6.45, 7) is 8.72. The van der Waals surface area contributed by atoms with Gasteiger partial charge in [0.1, 0.15) is 5.01 Å². The van der Waals surface area contributed by atoms with Gasteiger partial charge in [-0.2, -0.15) is 0 Å². The summed E-state index contributed by atoms with van der Waals surface area (Å²) in [5.74, 6) is 9.57. The number of thiazole rings is 1. The average Bonchev–Trinajstić information content (AvgIpc) is 3.36. The van der Waals surface area contributed by atoms with Crippen molar-refractivity contribution in [3.63, 3.8) is 0 Å². The highest BCUT2D eigenvalue weighted by Crippen LogP contribution is 2.53. The van der Waals surface area contributed by atoms with Crippen LogP contribution in [0.4, 0.5) is 0 Å². The molecule has 0 saturated heterocycles. The molecule has 5 rings (SSSR count). The molecule has 0 amide bonds. The van der Waals surface area contributed by atoms with Crippen molar-refractivity contribution in [2.75, 3.05) is 0 Å². The number of rotatable bonds is 3. The van der Waals surface area contributed by atoms with Crippen LogP contribution in [-0.2, 0) is 5.41 Å². The molecule has 0 fully saturated rings. The van der Waals surface area contributed by atoms with E-state index in [2.05, 4.69) is 111 Å². The second-order valence-electron chi connectivity index (χ2n) is 8.94. The van der Waals surface area contributed by atoms with Gasteiger partial charge in [-0.15, -0.1) is 17.8 Å². The van der Waals surface area contributed by atoms with E-state index in [-0.39, 0.29) is 5.41 Å². The molecule has 4 aromatic rings. The molecule has 0 N–H and O–H groups in total. The summed E-state index contributed by atoms with van der Waals surface area (Å²) in [6.07, 6.45) is 7.78. The maximum atomic E-state index is 5.72.